The topological polar surface area (TPSA) is 93.7 Å². The smallest absolute Gasteiger partial charge is 0.434 e. The predicted octanol–water partition coefficient (Wildman–Crippen LogP) is 4.99. The third-order valence-electron chi connectivity index (χ3n) is 4.93. The molecule has 0 aromatic heterocycles. The van der Waals surface area contributed by atoms with Gasteiger partial charge in [0.25, 0.3) is 5.91 Å². The molecule has 1 aliphatic carbocycles. The first-order valence-electron chi connectivity index (χ1n) is 10.2. The number of ether oxygens (including phenoxy) is 2. The third kappa shape index (κ3) is 6.34. The van der Waals surface area contributed by atoms with Crippen LogP contribution in [0, 0.1) is 5.92 Å². The minimum atomic E-state index is -0.790. The van der Waals surface area contributed by atoms with Crippen molar-refractivity contribution in [2.24, 2.45) is 5.92 Å². The van der Waals surface area contributed by atoms with Crippen LogP contribution in [0.15, 0.2) is 48.5 Å². The number of hydrogen-bond donors (Lipinski definition) is 2. The van der Waals surface area contributed by atoms with E-state index in [1.807, 2.05) is 0 Å². The van der Waals surface area contributed by atoms with Crippen molar-refractivity contribution in [1.29, 1.82) is 0 Å². The summed E-state index contributed by atoms with van der Waals surface area (Å²) in [7, 11) is 0. The number of hydrogen-bond acceptors (Lipinski definition) is 5. The number of benzene rings is 2. The zero-order valence-corrected chi connectivity index (χ0v) is 17.0. The van der Waals surface area contributed by atoms with Gasteiger partial charge in [0.2, 0.25) is 5.91 Å². The van der Waals surface area contributed by atoms with Gasteiger partial charge in [-0.15, -0.1) is 0 Å². The highest BCUT2D eigenvalue weighted by atomic mass is 16.7. The summed E-state index contributed by atoms with van der Waals surface area (Å²) < 4.78 is 9.68. The Labute approximate surface area is 175 Å². The van der Waals surface area contributed by atoms with Gasteiger partial charge in [-0.1, -0.05) is 18.9 Å². The van der Waals surface area contributed by atoms with Crippen LogP contribution in [-0.4, -0.2) is 24.6 Å². The first-order valence-corrected chi connectivity index (χ1v) is 10.2. The highest BCUT2D eigenvalue weighted by Crippen LogP contribution is 2.28. The Hall–Kier alpha value is -3.35. The quantitative estimate of drug-likeness (QED) is 0.495. The summed E-state index contributed by atoms with van der Waals surface area (Å²) in [5.74, 6) is 0.454. The average Bonchev–Trinajstić information content (AvgIpc) is 3.21. The highest BCUT2D eigenvalue weighted by molar-refractivity contribution is 6.04. The highest BCUT2D eigenvalue weighted by Gasteiger charge is 2.18. The predicted molar refractivity (Wildman–Crippen MR) is 114 cm³/mol. The van der Waals surface area contributed by atoms with Crippen molar-refractivity contribution in [2.45, 2.75) is 39.0 Å². The summed E-state index contributed by atoms with van der Waals surface area (Å²) in [6.45, 7) is 1.91. The fourth-order valence-electron chi connectivity index (χ4n) is 3.48. The van der Waals surface area contributed by atoms with E-state index < -0.39 is 6.16 Å². The van der Waals surface area contributed by atoms with E-state index in [4.69, 9.17) is 9.47 Å². The monoisotopic (exact) mass is 410 g/mol. The molecule has 0 radical (unpaired) electrons. The third-order valence-corrected chi connectivity index (χ3v) is 4.93. The normalized spacial score (nSPS) is 13.5. The Kier molecular flexibility index (Phi) is 7.43. The van der Waals surface area contributed by atoms with Gasteiger partial charge in [-0.05, 0) is 68.1 Å². The molecule has 158 valence electrons. The Morgan fingerprint density at radius 3 is 2.30 bits per heavy atom. The van der Waals surface area contributed by atoms with Crippen molar-refractivity contribution in [3.63, 3.8) is 0 Å². The zero-order chi connectivity index (χ0) is 21.3. The average molecular weight is 410 g/mol. The van der Waals surface area contributed by atoms with Crippen LogP contribution in [0.4, 0.5) is 16.2 Å². The molecule has 0 spiro atoms. The number of amides is 2. The second-order valence-corrected chi connectivity index (χ2v) is 7.25. The molecular formula is C23H26N2O5. The molecule has 1 fully saturated rings. The maximum absolute atomic E-state index is 12.5. The molecule has 30 heavy (non-hydrogen) atoms. The standard InChI is InChI=1S/C23H26N2O5/c1-2-29-23(28)30-20-12-10-17(11-13-20)22(27)25-19-9-5-8-18(15-19)24-21(26)14-16-6-3-4-7-16/h5,8-13,15-16H,2-4,6-7,14H2,1H3,(H,24,26)(H,25,27). The van der Waals surface area contributed by atoms with Gasteiger partial charge < -0.3 is 20.1 Å². The van der Waals surface area contributed by atoms with Gasteiger partial charge in [0.15, 0.2) is 0 Å². The summed E-state index contributed by atoms with van der Waals surface area (Å²) in [4.78, 5) is 36.0. The number of nitrogens with one attached hydrogen (secondary N) is 2. The van der Waals surface area contributed by atoms with Gasteiger partial charge in [-0.25, -0.2) is 4.79 Å². The van der Waals surface area contributed by atoms with Crippen molar-refractivity contribution in [1.82, 2.24) is 0 Å². The maximum Gasteiger partial charge on any atom is 0.513 e. The molecule has 0 atom stereocenters. The molecule has 7 nitrogen and oxygen atoms in total. The lowest BCUT2D eigenvalue weighted by Crippen LogP contribution is -2.16. The van der Waals surface area contributed by atoms with Crippen LogP contribution in [0.25, 0.3) is 0 Å². The van der Waals surface area contributed by atoms with Crippen molar-refractivity contribution in [3.8, 4) is 5.75 Å². The van der Waals surface area contributed by atoms with E-state index in [0.29, 0.717) is 29.3 Å². The fraction of sp³-hybridized carbons (Fsp3) is 0.348. The van der Waals surface area contributed by atoms with Gasteiger partial charge in [-0.2, -0.15) is 0 Å². The molecule has 3 rings (SSSR count). The van der Waals surface area contributed by atoms with E-state index >= 15 is 0 Å². The largest absolute Gasteiger partial charge is 0.513 e. The Morgan fingerprint density at radius 2 is 1.63 bits per heavy atom. The summed E-state index contributed by atoms with van der Waals surface area (Å²) in [5.41, 5.74) is 1.63. The molecule has 2 amide bonds. The Balaban J connectivity index is 1.55. The number of rotatable bonds is 7. The van der Waals surface area contributed by atoms with Gasteiger partial charge in [-0.3, -0.25) is 9.59 Å². The number of carbonyl (C=O) groups is 3. The molecule has 0 heterocycles. The summed E-state index contributed by atoms with van der Waals surface area (Å²) in [6, 6.07) is 13.2. The molecule has 0 aliphatic heterocycles. The van der Waals surface area contributed by atoms with Gasteiger partial charge in [0.05, 0.1) is 6.61 Å². The molecule has 2 aromatic carbocycles. The van der Waals surface area contributed by atoms with E-state index in [0.717, 1.165) is 12.8 Å². The number of carbonyl (C=O) groups excluding carboxylic acids is 3. The molecule has 0 bridgehead atoms. The molecular weight excluding hydrogens is 384 g/mol. The first-order chi connectivity index (χ1) is 14.5. The maximum atomic E-state index is 12.5. The van der Waals surface area contributed by atoms with E-state index in [9.17, 15) is 14.4 Å². The van der Waals surface area contributed by atoms with Crippen LogP contribution in [0.1, 0.15) is 49.4 Å². The van der Waals surface area contributed by atoms with Crippen molar-refractivity contribution < 1.29 is 23.9 Å². The van der Waals surface area contributed by atoms with Gasteiger partial charge >= 0.3 is 6.16 Å². The molecule has 1 aliphatic rings. The summed E-state index contributed by atoms with van der Waals surface area (Å²) in [5, 5.41) is 5.71. The SMILES string of the molecule is CCOC(=O)Oc1ccc(C(=O)Nc2cccc(NC(=O)CC3CCCC3)c2)cc1. The van der Waals surface area contributed by atoms with E-state index in [-0.39, 0.29) is 24.2 Å². The van der Waals surface area contributed by atoms with Crippen LogP contribution >= 0.6 is 0 Å². The van der Waals surface area contributed by atoms with Crippen molar-refractivity contribution >= 4 is 29.3 Å². The molecule has 7 heteroatoms. The second kappa shape index (κ2) is 10.4. The fourth-order valence-corrected chi connectivity index (χ4v) is 3.48. The molecule has 0 unspecified atom stereocenters. The van der Waals surface area contributed by atoms with Gasteiger partial charge in [0.1, 0.15) is 5.75 Å². The minimum Gasteiger partial charge on any atom is -0.434 e. The summed E-state index contributed by atoms with van der Waals surface area (Å²) in [6.07, 6.45) is 4.39. The summed E-state index contributed by atoms with van der Waals surface area (Å²) >= 11 is 0. The van der Waals surface area contributed by atoms with E-state index in [1.165, 1.54) is 25.0 Å². The lowest BCUT2D eigenvalue weighted by molar-refractivity contribution is -0.117. The van der Waals surface area contributed by atoms with Crippen LogP contribution in [0.5, 0.6) is 5.75 Å². The second-order valence-electron chi connectivity index (χ2n) is 7.25. The Bertz CT molecular complexity index is 889. The van der Waals surface area contributed by atoms with E-state index in [2.05, 4.69) is 10.6 Å². The Morgan fingerprint density at radius 1 is 0.967 bits per heavy atom. The van der Waals surface area contributed by atoms with Crippen molar-refractivity contribution in [3.05, 3.63) is 54.1 Å². The van der Waals surface area contributed by atoms with Crippen molar-refractivity contribution in [2.75, 3.05) is 17.2 Å². The molecule has 2 N–H and O–H groups in total. The molecule has 2 aromatic rings. The zero-order valence-electron chi connectivity index (χ0n) is 17.0. The van der Waals surface area contributed by atoms with Crippen LogP contribution < -0.4 is 15.4 Å². The van der Waals surface area contributed by atoms with Gasteiger partial charge in [0, 0.05) is 23.4 Å². The minimum absolute atomic E-state index is 0.00238. The molecule has 1 saturated carbocycles. The lowest BCUT2D eigenvalue weighted by Gasteiger charge is -2.11. The van der Waals surface area contributed by atoms with Crippen LogP contribution in [0.2, 0.25) is 0 Å². The number of anilines is 2. The lowest BCUT2D eigenvalue weighted by atomic mass is 10.0. The van der Waals surface area contributed by atoms with E-state index in [1.54, 1.807) is 43.3 Å². The van der Waals surface area contributed by atoms with Crippen LogP contribution in [-0.2, 0) is 9.53 Å². The molecule has 0 saturated heterocycles. The first kappa shape index (κ1) is 21.4. The van der Waals surface area contributed by atoms with Crippen LogP contribution in [0.3, 0.4) is 0 Å².